The van der Waals surface area contributed by atoms with Crippen molar-refractivity contribution in [3.05, 3.63) is 24.3 Å². The molecule has 9 heteroatoms. The lowest BCUT2D eigenvalue weighted by Crippen LogP contribution is -2.45. The summed E-state index contributed by atoms with van der Waals surface area (Å²) in [6.45, 7) is 4.68. The Bertz CT molecular complexity index is 1090. The third-order valence-electron chi connectivity index (χ3n) is 12.7. The van der Waals surface area contributed by atoms with Gasteiger partial charge in [0, 0.05) is 6.42 Å². The van der Waals surface area contributed by atoms with Crippen molar-refractivity contribution in [1.29, 1.82) is 0 Å². The molecule has 0 saturated heterocycles. The summed E-state index contributed by atoms with van der Waals surface area (Å²) in [5.41, 5.74) is 0. The van der Waals surface area contributed by atoms with Crippen LogP contribution < -0.4 is 10.2 Å². The zero-order valence-corrected chi connectivity index (χ0v) is 44.1. The van der Waals surface area contributed by atoms with Crippen molar-refractivity contribution in [3.8, 4) is 0 Å². The molecule has 0 aromatic rings. The summed E-state index contributed by atoms with van der Waals surface area (Å²) >= 11 is 0. The molecule has 0 radical (unpaired) electrons. The Hall–Kier alpha value is -1.02. The van der Waals surface area contributed by atoms with Crippen LogP contribution in [0, 0.1) is 0 Å². The smallest absolute Gasteiger partial charge is 0.268 e. The van der Waals surface area contributed by atoms with Crippen molar-refractivity contribution in [2.24, 2.45) is 0 Å². The van der Waals surface area contributed by atoms with Crippen LogP contribution >= 0.6 is 7.82 Å². The van der Waals surface area contributed by atoms with Crippen molar-refractivity contribution in [2.75, 3.05) is 40.9 Å². The first kappa shape index (κ1) is 63.0. The first-order valence-corrected chi connectivity index (χ1v) is 29.2. The maximum Gasteiger partial charge on any atom is 0.268 e. The summed E-state index contributed by atoms with van der Waals surface area (Å²) in [7, 11) is 1.27. The number of hydrogen-bond donors (Lipinski definition) is 2. The summed E-state index contributed by atoms with van der Waals surface area (Å²) in [6.07, 6.45) is 58.1. The molecule has 8 nitrogen and oxygen atoms in total. The van der Waals surface area contributed by atoms with E-state index in [1.54, 1.807) is 6.08 Å². The van der Waals surface area contributed by atoms with Gasteiger partial charge in [-0.25, -0.2) is 0 Å². The van der Waals surface area contributed by atoms with E-state index < -0.39 is 20.0 Å². The third-order valence-corrected chi connectivity index (χ3v) is 13.6. The molecule has 0 aromatic heterocycles. The third kappa shape index (κ3) is 48.9. The molecular weight excluding hydrogens is 816 g/mol. The van der Waals surface area contributed by atoms with Crippen molar-refractivity contribution in [2.45, 2.75) is 283 Å². The van der Waals surface area contributed by atoms with E-state index in [1.807, 2.05) is 27.2 Å². The first-order valence-electron chi connectivity index (χ1n) is 27.7. The number of aliphatic hydroxyl groups excluding tert-OH is 1. The Balaban J connectivity index is 4.24. The zero-order chi connectivity index (χ0) is 47.1. The molecule has 0 aromatic carbocycles. The lowest BCUT2D eigenvalue weighted by atomic mass is 10.0. The molecule has 0 saturated carbocycles. The topological polar surface area (TPSA) is 108 Å². The molecule has 2 N–H and O–H groups in total. The normalized spacial score (nSPS) is 14.2. The number of carbonyl (C=O) groups excluding carboxylic acids is 1. The highest BCUT2D eigenvalue weighted by Crippen LogP contribution is 2.38. The molecule has 0 aliphatic heterocycles. The van der Waals surface area contributed by atoms with Gasteiger partial charge in [0.1, 0.15) is 13.2 Å². The van der Waals surface area contributed by atoms with Gasteiger partial charge in [-0.15, -0.1) is 0 Å². The predicted octanol–water partition coefficient (Wildman–Crippen LogP) is 15.8. The number of nitrogens with zero attached hydrogens (tertiary/aromatic N) is 1. The lowest BCUT2D eigenvalue weighted by Gasteiger charge is -2.29. The molecular formula is C55H109N2O6P. The number of amides is 1. The summed E-state index contributed by atoms with van der Waals surface area (Å²) in [4.78, 5) is 25.5. The van der Waals surface area contributed by atoms with Crippen LogP contribution in [0.4, 0.5) is 0 Å². The number of aliphatic hydroxyl groups is 1. The van der Waals surface area contributed by atoms with Crippen LogP contribution in [-0.4, -0.2) is 68.5 Å². The van der Waals surface area contributed by atoms with Crippen LogP contribution in [0.15, 0.2) is 24.3 Å². The number of rotatable bonds is 51. The number of likely N-dealkylation sites (N-methyl/N-ethyl adjacent to an activating group) is 1. The van der Waals surface area contributed by atoms with E-state index in [2.05, 4.69) is 31.3 Å². The Morgan fingerprint density at radius 3 is 1.22 bits per heavy atom. The van der Waals surface area contributed by atoms with E-state index in [0.29, 0.717) is 17.4 Å². The number of unbranched alkanes of at least 4 members (excludes halogenated alkanes) is 36. The van der Waals surface area contributed by atoms with Gasteiger partial charge in [-0.05, 0) is 44.9 Å². The summed E-state index contributed by atoms with van der Waals surface area (Å²) in [6, 6.07) is -0.886. The molecule has 0 fully saturated rings. The standard InChI is InChI=1S/C55H109N2O6P/c1-6-8-10-12-14-16-18-20-22-24-26-27-28-29-31-32-34-36-38-40-42-44-46-48-54(58)53(52-63-64(60,61)62-51-50-57(3,4)5)56-55(59)49-47-45-43-41-39-37-35-33-30-25-23-21-19-17-15-13-11-9-7-2/h21,23,46,48,53-54,58H,6-20,22,24-45,47,49-52H2,1-5H3,(H-,56,59,60,61)/b23-21-,48-46+. The Labute approximate surface area is 398 Å². The molecule has 3 atom stereocenters. The van der Waals surface area contributed by atoms with E-state index in [4.69, 9.17) is 9.05 Å². The Morgan fingerprint density at radius 1 is 0.531 bits per heavy atom. The molecule has 0 spiro atoms. The number of carbonyl (C=O) groups is 1. The minimum atomic E-state index is -4.59. The van der Waals surface area contributed by atoms with Crippen LogP contribution in [0.5, 0.6) is 0 Å². The average Bonchev–Trinajstić information content (AvgIpc) is 3.25. The van der Waals surface area contributed by atoms with Gasteiger partial charge in [0.15, 0.2) is 0 Å². The number of quaternary nitrogens is 1. The largest absolute Gasteiger partial charge is 0.756 e. The minimum Gasteiger partial charge on any atom is -0.756 e. The van der Waals surface area contributed by atoms with Crippen molar-refractivity contribution >= 4 is 13.7 Å². The summed E-state index contributed by atoms with van der Waals surface area (Å²) in [5.74, 6) is -0.196. The molecule has 64 heavy (non-hydrogen) atoms. The Kier molecular flexibility index (Phi) is 46.3. The van der Waals surface area contributed by atoms with E-state index in [-0.39, 0.29) is 19.1 Å². The quantitative estimate of drug-likeness (QED) is 0.0272. The minimum absolute atomic E-state index is 0.000263. The number of hydrogen-bond acceptors (Lipinski definition) is 6. The fourth-order valence-corrected chi connectivity index (χ4v) is 8.99. The molecule has 0 bridgehead atoms. The molecule has 380 valence electrons. The van der Waals surface area contributed by atoms with E-state index in [9.17, 15) is 19.4 Å². The van der Waals surface area contributed by atoms with Gasteiger partial charge in [-0.1, -0.05) is 244 Å². The molecule has 0 aliphatic carbocycles. The highest BCUT2D eigenvalue weighted by Gasteiger charge is 2.23. The molecule has 0 heterocycles. The number of nitrogens with one attached hydrogen (secondary N) is 1. The second-order valence-electron chi connectivity index (χ2n) is 20.3. The lowest BCUT2D eigenvalue weighted by molar-refractivity contribution is -0.870. The second kappa shape index (κ2) is 47.1. The van der Waals surface area contributed by atoms with Crippen LogP contribution in [0.2, 0.25) is 0 Å². The first-order chi connectivity index (χ1) is 31.0. The van der Waals surface area contributed by atoms with Gasteiger partial charge < -0.3 is 28.8 Å². The van der Waals surface area contributed by atoms with Crippen molar-refractivity contribution < 1.29 is 32.9 Å². The maximum atomic E-state index is 12.9. The molecule has 0 aliphatic rings. The van der Waals surface area contributed by atoms with E-state index >= 15 is 0 Å². The monoisotopic (exact) mass is 925 g/mol. The molecule has 0 rings (SSSR count). The van der Waals surface area contributed by atoms with Gasteiger partial charge >= 0.3 is 0 Å². The van der Waals surface area contributed by atoms with Gasteiger partial charge in [0.25, 0.3) is 7.82 Å². The number of phosphoric acid groups is 1. The van der Waals surface area contributed by atoms with Crippen LogP contribution in [0.3, 0.4) is 0 Å². The van der Waals surface area contributed by atoms with Crippen LogP contribution in [0.25, 0.3) is 0 Å². The van der Waals surface area contributed by atoms with Gasteiger partial charge in [-0.2, -0.15) is 0 Å². The van der Waals surface area contributed by atoms with Gasteiger partial charge in [0.2, 0.25) is 5.91 Å². The molecule has 3 unspecified atom stereocenters. The average molecular weight is 925 g/mol. The van der Waals surface area contributed by atoms with Crippen LogP contribution in [-0.2, 0) is 18.4 Å². The highest BCUT2D eigenvalue weighted by molar-refractivity contribution is 7.45. The van der Waals surface area contributed by atoms with E-state index in [0.717, 1.165) is 38.5 Å². The van der Waals surface area contributed by atoms with Gasteiger partial charge in [-0.3, -0.25) is 9.36 Å². The van der Waals surface area contributed by atoms with Crippen molar-refractivity contribution in [1.82, 2.24) is 5.32 Å². The van der Waals surface area contributed by atoms with Crippen LogP contribution in [0.1, 0.15) is 271 Å². The summed E-state index contributed by atoms with van der Waals surface area (Å²) in [5, 5.41) is 13.9. The molecule has 1 amide bonds. The van der Waals surface area contributed by atoms with Crippen molar-refractivity contribution in [3.63, 3.8) is 0 Å². The zero-order valence-electron chi connectivity index (χ0n) is 43.3. The number of phosphoric ester groups is 1. The maximum absolute atomic E-state index is 12.9. The highest BCUT2D eigenvalue weighted by atomic mass is 31.2. The Morgan fingerprint density at radius 2 is 0.859 bits per heavy atom. The SMILES string of the molecule is CCCCCCCC/C=C\CCCCCCCCCCCC(=O)NC(COP(=O)([O-])OCC[N+](C)(C)C)C(O)/C=C/CCCCCCCCCCCCCCCCCCCCCCC. The van der Waals surface area contributed by atoms with E-state index in [1.165, 1.54) is 212 Å². The fraction of sp³-hybridized carbons (Fsp3) is 0.909. The van der Waals surface area contributed by atoms with Gasteiger partial charge in [0.05, 0.1) is 39.9 Å². The predicted molar refractivity (Wildman–Crippen MR) is 275 cm³/mol. The number of allylic oxidation sites excluding steroid dienone is 3. The summed E-state index contributed by atoms with van der Waals surface area (Å²) < 4.78 is 23.3. The fourth-order valence-electron chi connectivity index (χ4n) is 8.27. The second-order valence-corrected chi connectivity index (χ2v) is 21.7.